The van der Waals surface area contributed by atoms with Crippen LogP contribution in [0, 0.1) is 12.7 Å². The Kier molecular flexibility index (Phi) is 6.84. The van der Waals surface area contributed by atoms with Crippen LogP contribution < -0.4 is 5.32 Å². The minimum Gasteiger partial charge on any atom is -0.383 e. The molecule has 2 rings (SSSR count). The highest BCUT2D eigenvalue weighted by Crippen LogP contribution is 2.17. The van der Waals surface area contributed by atoms with Crippen LogP contribution in [0.15, 0.2) is 29.6 Å². The first-order chi connectivity index (χ1) is 11.5. The van der Waals surface area contributed by atoms with Gasteiger partial charge in [-0.25, -0.2) is 9.37 Å². The Balaban J connectivity index is 2.07. The zero-order valence-corrected chi connectivity index (χ0v) is 14.9. The summed E-state index contributed by atoms with van der Waals surface area (Å²) in [6.45, 7) is 4.99. The predicted octanol–water partition coefficient (Wildman–Crippen LogP) is 3.07. The van der Waals surface area contributed by atoms with Crippen molar-refractivity contribution in [2.75, 3.05) is 25.6 Å². The molecule has 5 nitrogen and oxygen atoms in total. The number of benzene rings is 1. The summed E-state index contributed by atoms with van der Waals surface area (Å²) in [6.07, 6.45) is 0. The number of ether oxygens (including phenoxy) is 1. The molecule has 1 heterocycles. The molecule has 7 heteroatoms. The molecule has 1 aromatic heterocycles. The molecule has 0 fully saturated rings. The van der Waals surface area contributed by atoms with Crippen LogP contribution in [0.4, 0.5) is 9.52 Å². The molecule has 0 saturated carbocycles. The lowest BCUT2D eigenvalue weighted by atomic mass is 10.1. The number of nitrogens with zero attached hydrogens (tertiary/aromatic N) is 2. The maximum absolute atomic E-state index is 13.9. The van der Waals surface area contributed by atoms with Gasteiger partial charge in [0.05, 0.1) is 18.3 Å². The molecule has 1 N–H and O–H groups in total. The fourth-order valence-corrected chi connectivity index (χ4v) is 2.94. The first-order valence-corrected chi connectivity index (χ1v) is 8.58. The van der Waals surface area contributed by atoms with Crippen LogP contribution in [0.3, 0.4) is 0 Å². The number of methoxy groups -OCH3 is 1. The Labute approximate surface area is 145 Å². The molecule has 2 aromatic rings. The van der Waals surface area contributed by atoms with Gasteiger partial charge in [-0.1, -0.05) is 18.2 Å². The number of thiazole rings is 1. The van der Waals surface area contributed by atoms with Gasteiger partial charge in [-0.3, -0.25) is 9.69 Å². The summed E-state index contributed by atoms with van der Waals surface area (Å²) in [4.78, 5) is 18.6. The number of anilines is 1. The summed E-state index contributed by atoms with van der Waals surface area (Å²) in [6, 6.07) is 6.15. The Hall–Kier alpha value is -1.83. The van der Waals surface area contributed by atoms with Gasteiger partial charge in [-0.2, -0.15) is 0 Å². The second kappa shape index (κ2) is 8.86. The normalized spacial score (nSPS) is 12.4. The molecule has 0 saturated heterocycles. The van der Waals surface area contributed by atoms with Crippen molar-refractivity contribution < 1.29 is 13.9 Å². The van der Waals surface area contributed by atoms with Gasteiger partial charge in [0.25, 0.3) is 0 Å². The summed E-state index contributed by atoms with van der Waals surface area (Å²) >= 11 is 1.39. The average molecular weight is 351 g/mol. The van der Waals surface area contributed by atoms with Gasteiger partial charge < -0.3 is 10.1 Å². The third-order valence-corrected chi connectivity index (χ3v) is 4.57. The molecule has 24 heavy (non-hydrogen) atoms. The zero-order chi connectivity index (χ0) is 17.5. The lowest BCUT2D eigenvalue weighted by molar-refractivity contribution is -0.121. The van der Waals surface area contributed by atoms with Crippen LogP contribution in [0.5, 0.6) is 0 Å². The molecule has 0 aliphatic carbocycles. The van der Waals surface area contributed by atoms with Gasteiger partial charge in [0, 0.05) is 31.1 Å². The standard InChI is InChI=1S/C17H22FN3O2S/c1-12-11-24-17(19-12)20-16(22)13(2)21(8-9-23-3)10-14-6-4-5-7-15(14)18/h4-7,11,13H,8-10H2,1-3H3,(H,19,20,22)/t13-/m0/s1. The Morgan fingerprint density at radius 1 is 1.46 bits per heavy atom. The third kappa shape index (κ3) is 5.09. The van der Waals surface area contributed by atoms with E-state index in [0.29, 0.717) is 30.4 Å². The van der Waals surface area contributed by atoms with Gasteiger partial charge in [-0.05, 0) is 19.9 Å². The summed E-state index contributed by atoms with van der Waals surface area (Å²) in [7, 11) is 1.60. The number of hydrogen-bond donors (Lipinski definition) is 1. The van der Waals surface area contributed by atoms with Gasteiger partial charge in [0.2, 0.25) is 5.91 Å². The molecule has 1 atom stereocenters. The zero-order valence-electron chi connectivity index (χ0n) is 14.1. The fourth-order valence-electron chi connectivity index (χ4n) is 2.25. The number of carbonyl (C=O) groups excluding carboxylic acids is 1. The van der Waals surface area contributed by atoms with E-state index in [1.54, 1.807) is 32.2 Å². The van der Waals surface area contributed by atoms with Crippen LogP contribution in [0.25, 0.3) is 0 Å². The van der Waals surface area contributed by atoms with Crippen molar-refractivity contribution >= 4 is 22.4 Å². The van der Waals surface area contributed by atoms with Crippen molar-refractivity contribution in [2.45, 2.75) is 26.4 Å². The summed E-state index contributed by atoms with van der Waals surface area (Å²) in [5.41, 5.74) is 1.42. The van der Waals surface area contributed by atoms with Crippen molar-refractivity contribution in [2.24, 2.45) is 0 Å². The smallest absolute Gasteiger partial charge is 0.243 e. The number of hydrogen-bond acceptors (Lipinski definition) is 5. The molecule has 0 unspecified atom stereocenters. The van der Waals surface area contributed by atoms with E-state index in [-0.39, 0.29) is 11.7 Å². The van der Waals surface area contributed by atoms with Gasteiger partial charge in [0.15, 0.2) is 5.13 Å². The van der Waals surface area contributed by atoms with Crippen LogP contribution >= 0.6 is 11.3 Å². The number of halogens is 1. The molecule has 0 aliphatic heterocycles. The monoisotopic (exact) mass is 351 g/mol. The average Bonchev–Trinajstić information content (AvgIpc) is 2.97. The predicted molar refractivity (Wildman–Crippen MR) is 93.6 cm³/mol. The quantitative estimate of drug-likeness (QED) is 0.794. The number of carbonyl (C=O) groups is 1. The molecule has 0 spiro atoms. The Bertz CT molecular complexity index is 677. The highest BCUT2D eigenvalue weighted by Gasteiger charge is 2.23. The van der Waals surface area contributed by atoms with Gasteiger partial charge >= 0.3 is 0 Å². The van der Waals surface area contributed by atoms with Gasteiger partial charge in [-0.15, -0.1) is 11.3 Å². The van der Waals surface area contributed by atoms with E-state index in [0.717, 1.165) is 5.69 Å². The summed E-state index contributed by atoms with van der Waals surface area (Å²) in [5, 5.41) is 5.26. The van der Waals surface area contributed by atoms with Crippen molar-refractivity contribution in [3.05, 3.63) is 46.7 Å². The molecule has 0 radical (unpaired) electrons. The van der Waals surface area contributed by atoms with E-state index < -0.39 is 6.04 Å². The Morgan fingerprint density at radius 3 is 2.83 bits per heavy atom. The van der Waals surface area contributed by atoms with E-state index in [1.807, 2.05) is 17.2 Å². The lowest BCUT2D eigenvalue weighted by Crippen LogP contribution is -2.43. The van der Waals surface area contributed by atoms with Crippen LogP contribution in [0.2, 0.25) is 0 Å². The van der Waals surface area contributed by atoms with Crippen molar-refractivity contribution in [1.29, 1.82) is 0 Å². The van der Waals surface area contributed by atoms with Crippen molar-refractivity contribution in [3.63, 3.8) is 0 Å². The van der Waals surface area contributed by atoms with Crippen LogP contribution in [0.1, 0.15) is 18.2 Å². The highest BCUT2D eigenvalue weighted by atomic mass is 32.1. The minimum absolute atomic E-state index is 0.170. The summed E-state index contributed by atoms with van der Waals surface area (Å²) in [5.74, 6) is -0.445. The first-order valence-electron chi connectivity index (χ1n) is 7.70. The maximum Gasteiger partial charge on any atom is 0.243 e. The molecule has 0 bridgehead atoms. The van der Waals surface area contributed by atoms with E-state index in [4.69, 9.17) is 4.74 Å². The van der Waals surface area contributed by atoms with E-state index in [1.165, 1.54) is 17.4 Å². The molecule has 130 valence electrons. The number of nitrogens with one attached hydrogen (secondary N) is 1. The largest absolute Gasteiger partial charge is 0.383 e. The first kappa shape index (κ1) is 18.5. The topological polar surface area (TPSA) is 54.5 Å². The molecular weight excluding hydrogens is 329 g/mol. The van der Waals surface area contributed by atoms with Crippen LogP contribution in [-0.2, 0) is 16.1 Å². The number of amides is 1. The lowest BCUT2D eigenvalue weighted by Gasteiger charge is -2.28. The Morgan fingerprint density at radius 2 is 2.21 bits per heavy atom. The van der Waals surface area contributed by atoms with E-state index in [2.05, 4.69) is 10.3 Å². The highest BCUT2D eigenvalue weighted by molar-refractivity contribution is 7.13. The number of aryl methyl sites for hydroxylation is 1. The maximum atomic E-state index is 13.9. The second-order valence-corrected chi connectivity index (χ2v) is 6.37. The van der Waals surface area contributed by atoms with Crippen LogP contribution in [-0.4, -0.2) is 42.1 Å². The van der Waals surface area contributed by atoms with Gasteiger partial charge in [0.1, 0.15) is 5.82 Å². The molecule has 1 aromatic carbocycles. The van der Waals surface area contributed by atoms with E-state index >= 15 is 0 Å². The minimum atomic E-state index is -0.441. The second-order valence-electron chi connectivity index (χ2n) is 5.51. The third-order valence-electron chi connectivity index (χ3n) is 3.69. The van der Waals surface area contributed by atoms with Crippen molar-refractivity contribution in [3.8, 4) is 0 Å². The molecule has 1 amide bonds. The molecular formula is C17H22FN3O2S. The van der Waals surface area contributed by atoms with E-state index in [9.17, 15) is 9.18 Å². The number of aromatic nitrogens is 1. The summed E-state index contributed by atoms with van der Waals surface area (Å²) < 4.78 is 19.0. The molecule has 0 aliphatic rings. The SMILES string of the molecule is COCCN(Cc1ccccc1F)[C@@H](C)C(=O)Nc1nc(C)cs1. The van der Waals surface area contributed by atoms with Crippen molar-refractivity contribution in [1.82, 2.24) is 9.88 Å². The number of rotatable bonds is 8. The fraction of sp³-hybridized carbons (Fsp3) is 0.412.